The molecule has 0 saturated carbocycles. The summed E-state index contributed by atoms with van der Waals surface area (Å²) in [5.74, 6) is -0.0325. The molecule has 5 aromatic rings. The van der Waals surface area contributed by atoms with E-state index >= 15 is 0 Å². The second-order valence-corrected chi connectivity index (χ2v) is 7.72. The molecule has 0 aliphatic heterocycles. The number of fused-ring (bicyclic) bond motifs is 2. The van der Waals surface area contributed by atoms with Gasteiger partial charge < -0.3 is 4.98 Å². The molecule has 0 spiro atoms. The lowest BCUT2D eigenvalue weighted by atomic mass is 10.0. The molecule has 0 unspecified atom stereocenters. The number of hydrogen-bond donors (Lipinski definition) is 1. The fourth-order valence-electron chi connectivity index (χ4n) is 4.11. The number of imidazole rings is 1. The van der Waals surface area contributed by atoms with E-state index in [1.807, 2.05) is 54.9 Å². The van der Waals surface area contributed by atoms with Crippen molar-refractivity contribution in [2.24, 2.45) is 0 Å². The normalized spacial score (nSPS) is 11.4. The van der Waals surface area contributed by atoms with Crippen molar-refractivity contribution in [3.63, 3.8) is 0 Å². The number of nitrogens with zero attached hydrogens (tertiary/aromatic N) is 4. The first-order chi connectivity index (χ1) is 15.0. The smallest absolute Gasteiger partial charge is 0.185 e. The van der Waals surface area contributed by atoms with Gasteiger partial charge in [-0.2, -0.15) is 5.10 Å². The van der Waals surface area contributed by atoms with Crippen LogP contribution in [-0.4, -0.2) is 29.9 Å². The molecule has 1 N–H and O–H groups in total. The number of Topliss-reactive ketones (excluding diaryl/α,β-unsaturated/α-hetero) is 1. The maximum Gasteiger partial charge on any atom is 0.185 e. The van der Waals surface area contributed by atoms with E-state index in [1.165, 1.54) is 12.1 Å². The number of pyridine rings is 2. The molecule has 5 rings (SSSR count). The van der Waals surface area contributed by atoms with Gasteiger partial charge in [-0.1, -0.05) is 18.2 Å². The SMILES string of the molecule is Cc1cccc(Cn2nc(C)c3c(CC(=O)c4c[nH]c5cc(=O)ccn45)cccc32)n1. The Morgan fingerprint density at radius 1 is 1.10 bits per heavy atom. The summed E-state index contributed by atoms with van der Waals surface area (Å²) in [6.45, 7) is 4.51. The highest BCUT2D eigenvalue weighted by atomic mass is 16.1. The lowest BCUT2D eigenvalue weighted by Crippen LogP contribution is -2.09. The summed E-state index contributed by atoms with van der Waals surface area (Å²) < 4.78 is 3.65. The third kappa shape index (κ3) is 3.44. The predicted octanol–water partition coefficient (Wildman–Crippen LogP) is 3.46. The van der Waals surface area contributed by atoms with Crippen LogP contribution in [0.2, 0.25) is 0 Å². The molecule has 0 radical (unpaired) electrons. The molecular formula is C24H21N5O2. The van der Waals surface area contributed by atoms with E-state index in [1.54, 1.807) is 16.8 Å². The standard InChI is InChI=1S/C24H21N5O2/c1-15-5-3-7-18(26-15)14-29-20-8-4-6-17(24(20)16(2)27-29)11-22(31)21-13-25-23-12-19(30)9-10-28(21)23/h3-10,12-13,25H,11,14H2,1-2H3. The number of benzene rings is 1. The number of carbonyl (C=O) groups is 1. The molecule has 31 heavy (non-hydrogen) atoms. The van der Waals surface area contributed by atoms with E-state index in [0.717, 1.165) is 33.5 Å². The van der Waals surface area contributed by atoms with Crippen LogP contribution >= 0.6 is 0 Å². The average Bonchev–Trinajstić information content (AvgIpc) is 3.29. The van der Waals surface area contributed by atoms with Gasteiger partial charge in [-0.3, -0.25) is 23.7 Å². The summed E-state index contributed by atoms with van der Waals surface area (Å²) in [5, 5.41) is 5.72. The topological polar surface area (TPSA) is 85.0 Å². The Kier molecular flexibility index (Phi) is 4.51. The van der Waals surface area contributed by atoms with Gasteiger partial charge in [0.05, 0.1) is 23.4 Å². The van der Waals surface area contributed by atoms with Gasteiger partial charge in [-0.25, -0.2) is 0 Å². The van der Waals surface area contributed by atoms with E-state index in [-0.39, 0.29) is 17.6 Å². The van der Waals surface area contributed by atoms with Crippen LogP contribution in [0.4, 0.5) is 0 Å². The van der Waals surface area contributed by atoms with Gasteiger partial charge in [-0.05, 0) is 37.6 Å². The fraction of sp³-hybridized carbons (Fsp3) is 0.167. The highest BCUT2D eigenvalue weighted by molar-refractivity contribution is 5.99. The number of rotatable bonds is 5. The van der Waals surface area contributed by atoms with Crippen LogP contribution in [0.3, 0.4) is 0 Å². The summed E-state index contributed by atoms with van der Waals surface area (Å²) in [4.78, 5) is 32.2. The molecule has 1 aromatic carbocycles. The van der Waals surface area contributed by atoms with Crippen molar-refractivity contribution in [2.75, 3.05) is 0 Å². The molecular weight excluding hydrogens is 390 g/mol. The third-order valence-corrected chi connectivity index (χ3v) is 5.48. The average molecular weight is 411 g/mol. The summed E-state index contributed by atoms with van der Waals surface area (Å²) in [6.07, 6.45) is 3.52. The number of aromatic nitrogens is 5. The number of hydrogen-bond acceptors (Lipinski definition) is 4. The summed E-state index contributed by atoms with van der Waals surface area (Å²) >= 11 is 0. The quantitative estimate of drug-likeness (QED) is 0.449. The molecule has 0 saturated heterocycles. The number of aryl methyl sites for hydroxylation is 2. The molecule has 7 heteroatoms. The van der Waals surface area contributed by atoms with E-state index < -0.39 is 0 Å². The maximum atomic E-state index is 13.1. The van der Waals surface area contributed by atoms with Crippen molar-refractivity contribution < 1.29 is 4.79 Å². The van der Waals surface area contributed by atoms with Crippen molar-refractivity contribution in [2.45, 2.75) is 26.8 Å². The molecule has 0 atom stereocenters. The molecule has 154 valence electrons. The van der Waals surface area contributed by atoms with Crippen molar-refractivity contribution in [3.05, 3.63) is 99.5 Å². The van der Waals surface area contributed by atoms with Gasteiger partial charge in [0, 0.05) is 42.0 Å². The first-order valence-electron chi connectivity index (χ1n) is 10.1. The van der Waals surface area contributed by atoms with E-state index in [9.17, 15) is 9.59 Å². The van der Waals surface area contributed by atoms with Gasteiger partial charge in [0.15, 0.2) is 11.2 Å². The van der Waals surface area contributed by atoms with Gasteiger partial charge in [0.25, 0.3) is 0 Å². The minimum atomic E-state index is -0.100. The Balaban J connectivity index is 1.51. The molecule has 0 amide bonds. The van der Waals surface area contributed by atoms with Crippen LogP contribution < -0.4 is 5.43 Å². The van der Waals surface area contributed by atoms with Gasteiger partial charge in [-0.15, -0.1) is 0 Å². The number of carbonyl (C=O) groups excluding carboxylic acids is 1. The van der Waals surface area contributed by atoms with E-state index in [4.69, 9.17) is 5.10 Å². The number of H-pyrrole nitrogens is 1. The van der Waals surface area contributed by atoms with E-state index in [0.29, 0.717) is 17.9 Å². The van der Waals surface area contributed by atoms with E-state index in [2.05, 4.69) is 9.97 Å². The van der Waals surface area contributed by atoms with Crippen LogP contribution in [0.25, 0.3) is 16.6 Å². The van der Waals surface area contributed by atoms with Crippen molar-refractivity contribution >= 4 is 22.3 Å². The summed E-state index contributed by atoms with van der Waals surface area (Å²) in [5.41, 5.74) is 5.72. The van der Waals surface area contributed by atoms with Gasteiger partial charge in [0.1, 0.15) is 11.3 Å². The molecule has 0 aliphatic carbocycles. The molecule has 4 aromatic heterocycles. The van der Waals surface area contributed by atoms with Crippen molar-refractivity contribution in [1.29, 1.82) is 0 Å². The Morgan fingerprint density at radius 2 is 1.94 bits per heavy atom. The van der Waals surface area contributed by atoms with Crippen LogP contribution in [-0.2, 0) is 13.0 Å². The zero-order valence-electron chi connectivity index (χ0n) is 17.3. The Labute approximate surface area is 178 Å². The zero-order chi connectivity index (χ0) is 21.5. The molecule has 0 fully saturated rings. The van der Waals surface area contributed by atoms with Gasteiger partial charge >= 0.3 is 0 Å². The second kappa shape index (κ2) is 7.36. The predicted molar refractivity (Wildman–Crippen MR) is 119 cm³/mol. The highest BCUT2D eigenvalue weighted by Crippen LogP contribution is 2.25. The van der Waals surface area contributed by atoms with Crippen molar-refractivity contribution in [3.8, 4) is 0 Å². The maximum absolute atomic E-state index is 13.1. The highest BCUT2D eigenvalue weighted by Gasteiger charge is 2.17. The first-order valence-corrected chi connectivity index (χ1v) is 10.1. The number of ketones is 1. The molecule has 7 nitrogen and oxygen atoms in total. The minimum Gasteiger partial charge on any atom is -0.345 e. The van der Waals surface area contributed by atoms with Crippen molar-refractivity contribution in [1.82, 2.24) is 24.1 Å². The third-order valence-electron chi connectivity index (χ3n) is 5.48. The minimum absolute atomic E-state index is 0.0325. The Hall–Kier alpha value is -4.00. The lowest BCUT2D eigenvalue weighted by molar-refractivity contribution is 0.0987. The zero-order valence-corrected chi connectivity index (χ0v) is 17.3. The van der Waals surface area contributed by atoms with Crippen LogP contribution in [0.15, 0.2) is 65.7 Å². The molecule has 0 bridgehead atoms. The summed E-state index contributed by atoms with van der Waals surface area (Å²) in [6, 6.07) is 14.8. The van der Waals surface area contributed by atoms with Crippen LogP contribution in [0, 0.1) is 13.8 Å². The molecule has 4 heterocycles. The van der Waals surface area contributed by atoms with Crippen LogP contribution in [0.5, 0.6) is 0 Å². The fourth-order valence-corrected chi connectivity index (χ4v) is 4.11. The Bertz CT molecular complexity index is 1510. The monoisotopic (exact) mass is 411 g/mol. The number of nitrogens with one attached hydrogen (secondary N) is 1. The largest absolute Gasteiger partial charge is 0.345 e. The van der Waals surface area contributed by atoms with Gasteiger partial charge in [0.2, 0.25) is 0 Å². The number of aromatic amines is 1. The van der Waals surface area contributed by atoms with Crippen LogP contribution in [0.1, 0.15) is 33.1 Å². The first kappa shape index (κ1) is 19.0. The lowest BCUT2D eigenvalue weighted by Gasteiger charge is -2.06. The second-order valence-electron chi connectivity index (χ2n) is 7.72. The summed E-state index contributed by atoms with van der Waals surface area (Å²) in [7, 11) is 0. The molecule has 0 aliphatic rings. The Morgan fingerprint density at radius 3 is 2.77 bits per heavy atom.